The summed E-state index contributed by atoms with van der Waals surface area (Å²) in [5.74, 6) is 3.02. The highest BCUT2D eigenvalue weighted by Crippen LogP contribution is 2.32. The van der Waals surface area contributed by atoms with Crippen LogP contribution in [0.5, 0.6) is 0 Å². The maximum atomic E-state index is 12.7. The lowest BCUT2D eigenvalue weighted by Crippen LogP contribution is -2.32. The monoisotopic (exact) mass is 419 g/mol. The average molecular weight is 420 g/mol. The number of rotatable bonds is 5. The van der Waals surface area contributed by atoms with Crippen LogP contribution in [0.3, 0.4) is 0 Å². The summed E-state index contributed by atoms with van der Waals surface area (Å²) in [7, 11) is 0. The molecule has 0 spiro atoms. The van der Waals surface area contributed by atoms with Crippen LogP contribution in [-0.4, -0.2) is 41.9 Å². The average Bonchev–Trinajstić information content (AvgIpc) is 3.08. The van der Waals surface area contributed by atoms with E-state index in [0.29, 0.717) is 12.5 Å². The number of nitrogens with zero attached hydrogens (tertiary/aromatic N) is 1. The number of thioether (sulfide) groups is 1. The third kappa shape index (κ3) is 5.77. The van der Waals surface area contributed by atoms with Crippen LogP contribution in [0.25, 0.3) is 0 Å². The van der Waals surface area contributed by atoms with Crippen molar-refractivity contribution in [2.24, 2.45) is 17.6 Å². The summed E-state index contributed by atoms with van der Waals surface area (Å²) in [6, 6.07) is 6.27. The van der Waals surface area contributed by atoms with Crippen molar-refractivity contribution in [2.45, 2.75) is 32.7 Å². The highest BCUT2D eigenvalue weighted by molar-refractivity contribution is 7.99. The maximum absolute atomic E-state index is 12.7. The molecule has 2 atom stereocenters. The predicted octanol–water partition coefficient (Wildman–Crippen LogP) is 3.70. The van der Waals surface area contributed by atoms with E-state index in [1.54, 1.807) is 0 Å². The normalized spacial score (nSPS) is 23.0. The Morgan fingerprint density at radius 1 is 1.27 bits per heavy atom. The molecule has 1 saturated carbocycles. The van der Waals surface area contributed by atoms with Crippen LogP contribution in [-0.2, 0) is 11.3 Å². The molecule has 3 rings (SSSR count). The number of benzene rings is 1. The molecule has 26 heavy (non-hydrogen) atoms. The molecule has 2 aliphatic rings. The molecule has 1 aromatic rings. The molecule has 1 aliphatic carbocycles. The zero-order chi connectivity index (χ0) is 16.9. The molecule has 148 valence electrons. The van der Waals surface area contributed by atoms with Gasteiger partial charge in [0, 0.05) is 42.7 Å². The molecular weight excluding hydrogens is 389 g/mol. The van der Waals surface area contributed by atoms with E-state index < -0.39 is 0 Å². The molecule has 1 aromatic carbocycles. The Balaban J connectivity index is 0.00000169. The molecule has 7 heteroatoms. The third-order valence-corrected chi connectivity index (χ3v) is 6.44. The second-order valence-corrected chi connectivity index (χ2v) is 8.23. The van der Waals surface area contributed by atoms with Gasteiger partial charge in [0.2, 0.25) is 5.91 Å². The molecule has 2 fully saturated rings. The van der Waals surface area contributed by atoms with E-state index in [0.717, 1.165) is 44.6 Å². The van der Waals surface area contributed by atoms with Crippen LogP contribution in [0.15, 0.2) is 18.2 Å². The molecule has 3 N–H and O–H groups in total. The van der Waals surface area contributed by atoms with Gasteiger partial charge in [0.05, 0.1) is 0 Å². The lowest BCUT2D eigenvalue weighted by molar-refractivity contribution is -0.120. The zero-order valence-electron chi connectivity index (χ0n) is 15.4. The Bertz CT molecular complexity index is 582. The summed E-state index contributed by atoms with van der Waals surface area (Å²) in [4.78, 5) is 15.2. The first-order valence-electron chi connectivity index (χ1n) is 9.08. The fraction of sp³-hybridized carbons (Fsp3) is 0.632. The highest BCUT2D eigenvalue weighted by atomic mass is 35.5. The summed E-state index contributed by atoms with van der Waals surface area (Å²) >= 11 is 2.03. The number of anilines is 1. The van der Waals surface area contributed by atoms with Crippen molar-refractivity contribution in [1.29, 1.82) is 0 Å². The number of amides is 1. The van der Waals surface area contributed by atoms with Gasteiger partial charge in [-0.25, -0.2) is 0 Å². The van der Waals surface area contributed by atoms with Crippen LogP contribution in [0, 0.1) is 18.8 Å². The number of hydrogen-bond donors (Lipinski definition) is 2. The van der Waals surface area contributed by atoms with Crippen molar-refractivity contribution in [3.63, 3.8) is 0 Å². The van der Waals surface area contributed by atoms with Crippen LogP contribution in [0.1, 0.15) is 30.4 Å². The number of carbonyl (C=O) groups excluding carboxylic acids is 1. The second-order valence-electron chi connectivity index (χ2n) is 7.00. The van der Waals surface area contributed by atoms with E-state index in [4.69, 9.17) is 5.73 Å². The van der Waals surface area contributed by atoms with Gasteiger partial charge in [-0.05, 0) is 49.4 Å². The molecule has 0 unspecified atom stereocenters. The quantitative estimate of drug-likeness (QED) is 0.763. The van der Waals surface area contributed by atoms with Gasteiger partial charge in [-0.1, -0.05) is 18.6 Å². The van der Waals surface area contributed by atoms with Gasteiger partial charge in [-0.15, -0.1) is 24.8 Å². The van der Waals surface area contributed by atoms with E-state index >= 15 is 0 Å². The molecule has 1 aliphatic heterocycles. The number of nitrogens with one attached hydrogen (secondary N) is 1. The molecule has 0 aromatic heterocycles. The highest BCUT2D eigenvalue weighted by Gasteiger charge is 2.32. The minimum absolute atomic E-state index is 0. The van der Waals surface area contributed by atoms with Crippen LogP contribution in [0.2, 0.25) is 0 Å². The molecular formula is C19H31Cl2N3OS. The number of hydrogen-bond acceptors (Lipinski definition) is 4. The largest absolute Gasteiger partial charge is 0.330 e. The van der Waals surface area contributed by atoms with Gasteiger partial charge in [0.25, 0.3) is 0 Å². The maximum Gasteiger partial charge on any atom is 0.227 e. The lowest BCUT2D eigenvalue weighted by Gasteiger charge is -2.27. The number of nitrogens with two attached hydrogens (primary N) is 1. The van der Waals surface area contributed by atoms with Crippen molar-refractivity contribution in [3.05, 3.63) is 29.3 Å². The Morgan fingerprint density at radius 2 is 2.00 bits per heavy atom. The fourth-order valence-electron chi connectivity index (χ4n) is 3.88. The topological polar surface area (TPSA) is 58.4 Å². The summed E-state index contributed by atoms with van der Waals surface area (Å²) in [5.41, 5.74) is 9.31. The van der Waals surface area contributed by atoms with Gasteiger partial charge in [-0.3, -0.25) is 9.69 Å². The van der Waals surface area contributed by atoms with Crippen molar-refractivity contribution in [2.75, 3.05) is 36.5 Å². The third-order valence-electron chi connectivity index (χ3n) is 5.50. The van der Waals surface area contributed by atoms with E-state index in [2.05, 4.69) is 29.3 Å². The Hall–Kier alpha value is -0.460. The van der Waals surface area contributed by atoms with E-state index in [-0.39, 0.29) is 36.6 Å². The van der Waals surface area contributed by atoms with Gasteiger partial charge in [0.15, 0.2) is 0 Å². The zero-order valence-corrected chi connectivity index (χ0v) is 17.9. The summed E-state index contributed by atoms with van der Waals surface area (Å²) in [5, 5.41) is 3.18. The summed E-state index contributed by atoms with van der Waals surface area (Å²) in [6.45, 7) is 6.02. The first kappa shape index (κ1) is 23.6. The molecule has 4 nitrogen and oxygen atoms in total. The van der Waals surface area contributed by atoms with Crippen molar-refractivity contribution < 1.29 is 4.79 Å². The number of carbonyl (C=O) groups is 1. The molecule has 1 amide bonds. The standard InChI is InChI=1S/C19H29N3OS.2ClH/c1-14-16(13-22-8-10-24-11-9-22)5-3-7-18(14)21-19(23)17-6-2-4-15(17)12-20;;/h3,5,7,15,17H,2,4,6,8-13,20H2,1H3,(H,21,23);2*1H/t15-,17-;;/m1../s1. The van der Waals surface area contributed by atoms with Crippen LogP contribution >= 0.6 is 36.6 Å². The SMILES string of the molecule is Cc1c(CN2CCSCC2)cccc1NC(=O)[C@@H]1CCC[C@@H]1CN.Cl.Cl. The molecule has 1 heterocycles. The lowest BCUT2D eigenvalue weighted by atomic mass is 9.95. The van der Waals surface area contributed by atoms with Crippen molar-refractivity contribution in [3.8, 4) is 0 Å². The van der Waals surface area contributed by atoms with E-state index in [9.17, 15) is 4.79 Å². The molecule has 0 bridgehead atoms. The van der Waals surface area contributed by atoms with Gasteiger partial charge >= 0.3 is 0 Å². The minimum Gasteiger partial charge on any atom is -0.330 e. The summed E-state index contributed by atoms with van der Waals surface area (Å²) < 4.78 is 0. The predicted molar refractivity (Wildman–Crippen MR) is 117 cm³/mol. The summed E-state index contributed by atoms with van der Waals surface area (Å²) in [6.07, 6.45) is 3.17. The first-order valence-corrected chi connectivity index (χ1v) is 10.2. The minimum atomic E-state index is 0. The smallest absolute Gasteiger partial charge is 0.227 e. The molecule has 0 radical (unpaired) electrons. The van der Waals surface area contributed by atoms with Crippen molar-refractivity contribution >= 4 is 48.2 Å². The Morgan fingerprint density at radius 3 is 2.69 bits per heavy atom. The van der Waals surface area contributed by atoms with Crippen LogP contribution < -0.4 is 11.1 Å². The Kier molecular flexibility index (Phi) is 10.3. The van der Waals surface area contributed by atoms with Crippen LogP contribution in [0.4, 0.5) is 5.69 Å². The number of halogens is 2. The Labute approximate surface area is 173 Å². The van der Waals surface area contributed by atoms with Crippen molar-refractivity contribution in [1.82, 2.24) is 4.90 Å². The fourth-order valence-corrected chi connectivity index (χ4v) is 4.86. The van der Waals surface area contributed by atoms with Gasteiger partial charge in [0.1, 0.15) is 0 Å². The van der Waals surface area contributed by atoms with E-state index in [1.165, 1.54) is 22.6 Å². The van der Waals surface area contributed by atoms with Gasteiger partial charge in [-0.2, -0.15) is 11.8 Å². The molecule has 1 saturated heterocycles. The van der Waals surface area contributed by atoms with Gasteiger partial charge < -0.3 is 11.1 Å². The first-order chi connectivity index (χ1) is 11.7. The second kappa shape index (κ2) is 11.4. The van der Waals surface area contributed by atoms with E-state index in [1.807, 2.05) is 17.8 Å².